The molecule has 0 fully saturated rings. The van der Waals surface area contributed by atoms with Crippen molar-refractivity contribution in [2.45, 2.75) is 0 Å². The zero-order valence-electron chi connectivity index (χ0n) is 9.28. The van der Waals surface area contributed by atoms with Crippen LogP contribution in [0.3, 0.4) is 0 Å². The van der Waals surface area contributed by atoms with Gasteiger partial charge in [-0.15, -0.1) is 0 Å². The highest BCUT2D eigenvalue weighted by Crippen LogP contribution is 2.14. The highest BCUT2D eigenvalue weighted by atomic mass is 35.5. The van der Waals surface area contributed by atoms with Crippen LogP contribution in [0.1, 0.15) is 0 Å². The van der Waals surface area contributed by atoms with Crippen LogP contribution in [0.15, 0.2) is 24.3 Å². The van der Waals surface area contributed by atoms with Gasteiger partial charge >= 0.3 is 6.03 Å². The molecule has 94 valence electrons. The Morgan fingerprint density at radius 3 is 2.53 bits per heavy atom. The zero-order chi connectivity index (χ0) is 12.5. The lowest BCUT2D eigenvalue weighted by Crippen LogP contribution is -2.38. The van der Waals surface area contributed by atoms with Crippen LogP contribution in [-0.2, 0) is 0 Å². The number of carbonyl (C=O) groups excluding carboxylic acids is 1. The van der Waals surface area contributed by atoms with E-state index in [9.17, 15) is 4.79 Å². The van der Waals surface area contributed by atoms with Crippen molar-refractivity contribution < 1.29 is 14.6 Å². The molecule has 0 saturated carbocycles. The molecule has 5 nitrogen and oxygen atoms in total. The van der Waals surface area contributed by atoms with E-state index in [1.807, 2.05) is 0 Å². The van der Waals surface area contributed by atoms with Crippen molar-refractivity contribution in [1.82, 2.24) is 10.6 Å². The first-order valence-corrected chi connectivity index (χ1v) is 5.61. The Morgan fingerprint density at radius 2 is 1.88 bits per heavy atom. The maximum Gasteiger partial charge on any atom is 0.314 e. The molecular formula is C11H15ClN2O3. The van der Waals surface area contributed by atoms with E-state index in [1.165, 1.54) is 0 Å². The molecule has 2 amide bonds. The lowest BCUT2D eigenvalue weighted by atomic mass is 10.3. The van der Waals surface area contributed by atoms with Gasteiger partial charge in [-0.05, 0) is 24.3 Å². The number of amides is 2. The summed E-state index contributed by atoms with van der Waals surface area (Å²) in [6.07, 6.45) is 0. The third kappa shape index (κ3) is 5.99. The third-order valence-electron chi connectivity index (χ3n) is 1.87. The van der Waals surface area contributed by atoms with E-state index in [1.54, 1.807) is 24.3 Å². The van der Waals surface area contributed by atoms with E-state index in [-0.39, 0.29) is 19.2 Å². The molecule has 0 heterocycles. The van der Waals surface area contributed by atoms with Crippen molar-refractivity contribution in [2.24, 2.45) is 0 Å². The molecule has 0 radical (unpaired) electrons. The summed E-state index contributed by atoms with van der Waals surface area (Å²) in [5.41, 5.74) is 0. The van der Waals surface area contributed by atoms with Crippen LogP contribution in [0.4, 0.5) is 4.79 Å². The fourth-order valence-electron chi connectivity index (χ4n) is 1.10. The first kappa shape index (κ1) is 13.6. The Balaban J connectivity index is 2.11. The second-order valence-electron chi connectivity index (χ2n) is 3.21. The number of aliphatic hydroxyl groups is 1. The van der Waals surface area contributed by atoms with Gasteiger partial charge in [0.15, 0.2) is 0 Å². The lowest BCUT2D eigenvalue weighted by Gasteiger charge is -2.08. The van der Waals surface area contributed by atoms with Gasteiger partial charge in [-0.3, -0.25) is 0 Å². The van der Waals surface area contributed by atoms with E-state index < -0.39 is 0 Å². The average molecular weight is 259 g/mol. The standard InChI is InChI=1S/C11H15ClN2O3/c12-9-1-3-10(4-2-9)17-8-6-14-11(16)13-5-7-15/h1-4,15H,5-8H2,(H2,13,14,16). The molecule has 0 aliphatic rings. The molecule has 6 heteroatoms. The highest BCUT2D eigenvalue weighted by molar-refractivity contribution is 6.30. The molecule has 1 aromatic rings. The fourth-order valence-corrected chi connectivity index (χ4v) is 1.22. The van der Waals surface area contributed by atoms with Crippen molar-refractivity contribution in [1.29, 1.82) is 0 Å². The van der Waals surface area contributed by atoms with Gasteiger partial charge in [-0.2, -0.15) is 0 Å². The zero-order valence-corrected chi connectivity index (χ0v) is 10.0. The molecule has 0 aromatic heterocycles. The number of benzene rings is 1. The van der Waals surface area contributed by atoms with Crippen LogP contribution < -0.4 is 15.4 Å². The normalized spacial score (nSPS) is 9.76. The number of nitrogens with one attached hydrogen (secondary N) is 2. The molecule has 3 N–H and O–H groups in total. The van der Waals surface area contributed by atoms with Gasteiger partial charge in [-0.25, -0.2) is 4.79 Å². The summed E-state index contributed by atoms with van der Waals surface area (Å²) >= 11 is 5.72. The first-order chi connectivity index (χ1) is 8.22. The number of rotatable bonds is 6. The van der Waals surface area contributed by atoms with E-state index in [2.05, 4.69) is 10.6 Å². The fraction of sp³-hybridized carbons (Fsp3) is 0.364. The maximum absolute atomic E-state index is 11.1. The van der Waals surface area contributed by atoms with Crippen molar-refractivity contribution in [3.63, 3.8) is 0 Å². The summed E-state index contributed by atoms with van der Waals surface area (Å²) in [7, 11) is 0. The minimum Gasteiger partial charge on any atom is -0.492 e. The minimum atomic E-state index is -0.321. The smallest absolute Gasteiger partial charge is 0.314 e. The summed E-state index contributed by atoms with van der Waals surface area (Å²) < 4.78 is 5.37. The number of halogens is 1. The molecule has 0 aliphatic heterocycles. The lowest BCUT2D eigenvalue weighted by molar-refractivity contribution is 0.230. The summed E-state index contributed by atoms with van der Waals surface area (Å²) in [6.45, 7) is 0.923. The summed E-state index contributed by atoms with van der Waals surface area (Å²) in [4.78, 5) is 11.1. The molecule has 0 spiro atoms. The monoisotopic (exact) mass is 258 g/mol. The Kier molecular flexibility index (Phi) is 6.21. The molecule has 0 aliphatic carbocycles. The Hall–Kier alpha value is -1.46. The van der Waals surface area contributed by atoms with Crippen molar-refractivity contribution >= 4 is 17.6 Å². The molecule has 0 bridgehead atoms. The first-order valence-electron chi connectivity index (χ1n) is 5.23. The van der Waals surface area contributed by atoms with Gasteiger partial charge < -0.3 is 20.5 Å². The van der Waals surface area contributed by atoms with Crippen LogP contribution in [0.25, 0.3) is 0 Å². The molecule has 0 saturated heterocycles. The van der Waals surface area contributed by atoms with Gasteiger partial charge in [-0.1, -0.05) is 11.6 Å². The number of carbonyl (C=O) groups is 1. The third-order valence-corrected chi connectivity index (χ3v) is 2.12. The van der Waals surface area contributed by atoms with Crippen LogP contribution in [0, 0.1) is 0 Å². The number of ether oxygens (including phenoxy) is 1. The summed E-state index contributed by atoms with van der Waals surface area (Å²) in [6, 6.07) is 6.66. The molecular weight excluding hydrogens is 244 g/mol. The Labute approximate surface area is 105 Å². The van der Waals surface area contributed by atoms with Crippen LogP contribution in [0.5, 0.6) is 5.75 Å². The molecule has 17 heavy (non-hydrogen) atoms. The van der Waals surface area contributed by atoms with E-state index >= 15 is 0 Å². The SMILES string of the molecule is O=C(NCCO)NCCOc1ccc(Cl)cc1. The predicted octanol–water partition coefficient (Wildman–Crippen LogP) is 1.01. The molecule has 1 aromatic carbocycles. The van der Waals surface area contributed by atoms with Crippen LogP contribution >= 0.6 is 11.6 Å². The van der Waals surface area contributed by atoms with Crippen molar-refractivity contribution in [3.05, 3.63) is 29.3 Å². The van der Waals surface area contributed by atoms with E-state index in [0.717, 1.165) is 0 Å². The second kappa shape index (κ2) is 7.76. The Morgan fingerprint density at radius 1 is 1.24 bits per heavy atom. The summed E-state index contributed by atoms with van der Waals surface area (Å²) in [5.74, 6) is 0.701. The van der Waals surface area contributed by atoms with Gasteiger partial charge in [0.1, 0.15) is 12.4 Å². The average Bonchev–Trinajstić information content (AvgIpc) is 2.34. The van der Waals surface area contributed by atoms with Gasteiger partial charge in [0, 0.05) is 11.6 Å². The minimum absolute atomic E-state index is 0.0747. The second-order valence-corrected chi connectivity index (χ2v) is 3.65. The molecule has 0 atom stereocenters. The van der Waals surface area contributed by atoms with Crippen molar-refractivity contribution in [2.75, 3.05) is 26.3 Å². The molecule has 0 unspecified atom stereocenters. The number of hydrogen-bond acceptors (Lipinski definition) is 3. The van der Waals surface area contributed by atoms with E-state index in [0.29, 0.717) is 23.9 Å². The van der Waals surface area contributed by atoms with Crippen LogP contribution in [-0.4, -0.2) is 37.4 Å². The largest absolute Gasteiger partial charge is 0.492 e. The predicted molar refractivity (Wildman–Crippen MR) is 65.4 cm³/mol. The summed E-state index contributed by atoms with van der Waals surface area (Å²) in [5, 5.41) is 14.2. The topological polar surface area (TPSA) is 70.6 Å². The van der Waals surface area contributed by atoms with Crippen LogP contribution in [0.2, 0.25) is 5.02 Å². The van der Waals surface area contributed by atoms with E-state index in [4.69, 9.17) is 21.4 Å². The number of aliphatic hydroxyl groups excluding tert-OH is 1. The van der Waals surface area contributed by atoms with Gasteiger partial charge in [0.05, 0.1) is 13.2 Å². The number of urea groups is 1. The quantitative estimate of drug-likeness (QED) is 0.667. The Bertz CT molecular complexity index is 343. The van der Waals surface area contributed by atoms with Gasteiger partial charge in [0.2, 0.25) is 0 Å². The maximum atomic E-state index is 11.1. The number of hydrogen-bond donors (Lipinski definition) is 3. The van der Waals surface area contributed by atoms with Crippen molar-refractivity contribution in [3.8, 4) is 5.75 Å². The highest BCUT2D eigenvalue weighted by Gasteiger charge is 1.98. The molecule has 1 rings (SSSR count). The van der Waals surface area contributed by atoms with Gasteiger partial charge in [0.25, 0.3) is 0 Å².